The highest BCUT2D eigenvalue weighted by atomic mass is 127. The molecule has 1 atom stereocenters. The van der Waals surface area contributed by atoms with Gasteiger partial charge in [0.2, 0.25) is 0 Å². The van der Waals surface area contributed by atoms with Gasteiger partial charge in [0.25, 0.3) is 0 Å². The van der Waals surface area contributed by atoms with Crippen molar-refractivity contribution >= 4 is 34.0 Å². The highest BCUT2D eigenvalue weighted by molar-refractivity contribution is 14.1. The van der Waals surface area contributed by atoms with Crippen molar-refractivity contribution in [1.29, 1.82) is 0 Å². The molecule has 2 nitrogen and oxygen atoms in total. The molecule has 1 aliphatic rings. The maximum atomic E-state index is 3.53. The van der Waals surface area contributed by atoms with Crippen molar-refractivity contribution in [3.63, 3.8) is 0 Å². The van der Waals surface area contributed by atoms with E-state index < -0.39 is 0 Å². The van der Waals surface area contributed by atoms with Gasteiger partial charge in [-0.05, 0) is 53.1 Å². The Labute approximate surface area is 105 Å². The third-order valence-electron chi connectivity index (χ3n) is 2.84. The summed E-state index contributed by atoms with van der Waals surface area (Å²) in [6, 6.07) is 6.52. The van der Waals surface area contributed by atoms with Crippen LogP contribution in [-0.2, 0) is 0 Å². The largest absolute Gasteiger partial charge is 0.383 e. The van der Waals surface area contributed by atoms with Crippen molar-refractivity contribution in [2.24, 2.45) is 5.92 Å². The van der Waals surface area contributed by atoms with Gasteiger partial charge in [-0.1, -0.05) is 13.3 Å². The van der Waals surface area contributed by atoms with E-state index in [1.165, 1.54) is 27.8 Å². The number of benzene rings is 1. The second kappa shape index (κ2) is 5.05. The average molecular weight is 316 g/mol. The summed E-state index contributed by atoms with van der Waals surface area (Å²) < 4.78 is 1.29. The zero-order valence-corrected chi connectivity index (χ0v) is 11.2. The molecule has 2 rings (SSSR count). The quantitative estimate of drug-likeness (QED) is 0.816. The molecular weight excluding hydrogens is 299 g/mol. The van der Waals surface area contributed by atoms with E-state index >= 15 is 0 Å². The summed E-state index contributed by atoms with van der Waals surface area (Å²) in [5.74, 6) is 0.750. The first-order valence-corrected chi connectivity index (χ1v) is 6.64. The number of anilines is 2. The molecular formula is C12H17IN2. The SMILES string of the molecule is CCCC1CNc2ccc(I)cc2NC1. The van der Waals surface area contributed by atoms with Crippen LogP contribution in [-0.4, -0.2) is 13.1 Å². The first kappa shape index (κ1) is 11.0. The topological polar surface area (TPSA) is 24.1 Å². The predicted octanol–water partition coefficient (Wildman–Crippen LogP) is 3.54. The van der Waals surface area contributed by atoms with Gasteiger partial charge in [0, 0.05) is 16.7 Å². The number of hydrogen-bond donors (Lipinski definition) is 2. The molecule has 1 heterocycles. The molecule has 0 fully saturated rings. The fourth-order valence-corrected chi connectivity index (χ4v) is 2.50. The van der Waals surface area contributed by atoms with Gasteiger partial charge in [0.05, 0.1) is 11.4 Å². The fourth-order valence-electron chi connectivity index (χ4n) is 2.01. The van der Waals surface area contributed by atoms with Crippen molar-refractivity contribution in [2.45, 2.75) is 19.8 Å². The van der Waals surface area contributed by atoms with Crippen LogP contribution in [0.5, 0.6) is 0 Å². The van der Waals surface area contributed by atoms with Gasteiger partial charge >= 0.3 is 0 Å². The van der Waals surface area contributed by atoms with Crippen LogP contribution in [0.4, 0.5) is 11.4 Å². The molecule has 1 aromatic carbocycles. The Morgan fingerprint density at radius 1 is 1.27 bits per heavy atom. The number of halogens is 1. The number of rotatable bonds is 2. The molecule has 1 unspecified atom stereocenters. The molecule has 15 heavy (non-hydrogen) atoms. The van der Waals surface area contributed by atoms with Crippen molar-refractivity contribution in [1.82, 2.24) is 0 Å². The maximum absolute atomic E-state index is 3.53. The third kappa shape index (κ3) is 2.77. The van der Waals surface area contributed by atoms with Gasteiger partial charge < -0.3 is 10.6 Å². The lowest BCUT2D eigenvalue weighted by Gasteiger charge is -2.12. The third-order valence-corrected chi connectivity index (χ3v) is 3.51. The molecule has 3 heteroatoms. The van der Waals surface area contributed by atoms with Crippen LogP contribution >= 0.6 is 22.6 Å². The van der Waals surface area contributed by atoms with Crippen LogP contribution in [0.1, 0.15) is 19.8 Å². The minimum atomic E-state index is 0.750. The molecule has 82 valence electrons. The fraction of sp³-hybridized carbons (Fsp3) is 0.500. The van der Waals surface area contributed by atoms with Gasteiger partial charge in [-0.15, -0.1) is 0 Å². The molecule has 0 saturated carbocycles. The van der Waals surface area contributed by atoms with E-state index in [4.69, 9.17) is 0 Å². The van der Waals surface area contributed by atoms with Crippen LogP contribution in [0.2, 0.25) is 0 Å². The van der Waals surface area contributed by atoms with Gasteiger partial charge in [0.15, 0.2) is 0 Å². The minimum Gasteiger partial charge on any atom is -0.383 e. The van der Waals surface area contributed by atoms with Crippen LogP contribution in [0.25, 0.3) is 0 Å². The first-order valence-electron chi connectivity index (χ1n) is 5.57. The van der Waals surface area contributed by atoms with Gasteiger partial charge in [-0.2, -0.15) is 0 Å². The zero-order chi connectivity index (χ0) is 10.7. The van der Waals surface area contributed by atoms with E-state index in [1.807, 2.05) is 0 Å². The molecule has 0 radical (unpaired) electrons. The Bertz CT molecular complexity index is 338. The lowest BCUT2D eigenvalue weighted by Crippen LogP contribution is -2.18. The van der Waals surface area contributed by atoms with E-state index in [0.717, 1.165) is 19.0 Å². The standard InChI is InChI=1S/C12H17IN2/c1-2-3-9-7-14-11-5-4-10(13)6-12(11)15-8-9/h4-6,9,14-15H,2-3,7-8H2,1H3. The molecule has 0 aliphatic carbocycles. The number of hydrogen-bond acceptors (Lipinski definition) is 2. The van der Waals surface area contributed by atoms with Gasteiger partial charge in [0.1, 0.15) is 0 Å². The zero-order valence-electron chi connectivity index (χ0n) is 9.02. The highest BCUT2D eigenvalue weighted by Gasteiger charge is 2.14. The number of fused-ring (bicyclic) bond motifs is 1. The van der Waals surface area contributed by atoms with Crippen LogP contribution in [0, 0.1) is 9.49 Å². The van der Waals surface area contributed by atoms with Gasteiger partial charge in [-0.25, -0.2) is 0 Å². The Balaban J connectivity index is 2.11. The summed E-state index contributed by atoms with van der Waals surface area (Å²) >= 11 is 2.35. The highest BCUT2D eigenvalue weighted by Crippen LogP contribution is 2.27. The van der Waals surface area contributed by atoms with Crippen LogP contribution in [0.3, 0.4) is 0 Å². The second-order valence-electron chi connectivity index (χ2n) is 4.11. The van der Waals surface area contributed by atoms with Gasteiger partial charge in [-0.3, -0.25) is 0 Å². The Hall–Kier alpha value is -0.450. The monoisotopic (exact) mass is 316 g/mol. The Morgan fingerprint density at radius 2 is 2.00 bits per heavy atom. The molecule has 0 amide bonds. The Morgan fingerprint density at radius 3 is 2.73 bits per heavy atom. The first-order chi connectivity index (χ1) is 7.29. The molecule has 0 aromatic heterocycles. The normalized spacial score (nSPS) is 19.7. The average Bonchev–Trinajstić information content (AvgIpc) is 2.42. The number of nitrogens with one attached hydrogen (secondary N) is 2. The maximum Gasteiger partial charge on any atom is 0.0586 e. The molecule has 1 aliphatic heterocycles. The van der Waals surface area contributed by atoms with E-state index in [1.54, 1.807) is 0 Å². The van der Waals surface area contributed by atoms with E-state index in [9.17, 15) is 0 Å². The van der Waals surface area contributed by atoms with Crippen molar-refractivity contribution in [3.05, 3.63) is 21.8 Å². The summed E-state index contributed by atoms with van der Waals surface area (Å²) in [6.07, 6.45) is 2.56. The molecule has 0 bridgehead atoms. The minimum absolute atomic E-state index is 0.750. The summed E-state index contributed by atoms with van der Waals surface area (Å²) in [6.45, 7) is 4.43. The molecule has 2 N–H and O–H groups in total. The molecule has 0 spiro atoms. The van der Waals surface area contributed by atoms with E-state index in [2.05, 4.69) is 58.3 Å². The summed E-state index contributed by atoms with van der Waals surface area (Å²) in [5, 5.41) is 7.05. The van der Waals surface area contributed by atoms with Crippen molar-refractivity contribution in [2.75, 3.05) is 23.7 Å². The van der Waals surface area contributed by atoms with E-state index in [-0.39, 0.29) is 0 Å². The molecule has 0 saturated heterocycles. The summed E-state index contributed by atoms with van der Waals surface area (Å²) in [7, 11) is 0. The molecule has 1 aromatic rings. The Kier molecular flexibility index (Phi) is 3.72. The van der Waals surface area contributed by atoms with Crippen LogP contribution in [0.15, 0.2) is 18.2 Å². The van der Waals surface area contributed by atoms with Crippen LogP contribution < -0.4 is 10.6 Å². The smallest absolute Gasteiger partial charge is 0.0586 e. The second-order valence-corrected chi connectivity index (χ2v) is 5.35. The summed E-state index contributed by atoms with van der Waals surface area (Å²) in [5.41, 5.74) is 2.49. The van der Waals surface area contributed by atoms with E-state index in [0.29, 0.717) is 0 Å². The van der Waals surface area contributed by atoms with Crippen molar-refractivity contribution in [3.8, 4) is 0 Å². The lowest BCUT2D eigenvalue weighted by atomic mass is 10.0. The predicted molar refractivity (Wildman–Crippen MR) is 74.5 cm³/mol. The lowest BCUT2D eigenvalue weighted by molar-refractivity contribution is 0.531. The van der Waals surface area contributed by atoms with Crippen molar-refractivity contribution < 1.29 is 0 Å². The summed E-state index contributed by atoms with van der Waals surface area (Å²) in [4.78, 5) is 0.